The van der Waals surface area contributed by atoms with E-state index < -0.39 is 5.97 Å². The Morgan fingerprint density at radius 1 is 1.39 bits per heavy atom. The van der Waals surface area contributed by atoms with E-state index in [9.17, 15) is 4.79 Å². The highest BCUT2D eigenvalue weighted by molar-refractivity contribution is 6.10. The number of aryl methyl sites for hydroxylation is 1. The number of carbonyl (C=O) groups excluding carboxylic acids is 1. The lowest BCUT2D eigenvalue weighted by molar-refractivity contribution is 0.0601. The lowest BCUT2D eigenvalue weighted by atomic mass is 10.1. The Morgan fingerprint density at radius 2 is 2.06 bits per heavy atom. The number of methoxy groups -OCH3 is 1. The number of hydrogen-bond donors (Lipinski definition) is 1. The fraction of sp³-hybridized carbons (Fsp3) is 0.167. The summed E-state index contributed by atoms with van der Waals surface area (Å²) in [5, 5.41) is 20.7. The van der Waals surface area contributed by atoms with Crippen LogP contribution in [0.5, 0.6) is 0 Å². The van der Waals surface area contributed by atoms with Crippen LogP contribution in [0.1, 0.15) is 15.9 Å². The van der Waals surface area contributed by atoms with E-state index in [0.717, 1.165) is 5.56 Å². The van der Waals surface area contributed by atoms with Gasteiger partial charge in [-0.05, 0) is 19.1 Å². The number of hydrazone groups is 1. The van der Waals surface area contributed by atoms with Crippen LogP contribution in [0.15, 0.2) is 23.3 Å². The van der Waals surface area contributed by atoms with Gasteiger partial charge in [-0.1, -0.05) is 11.6 Å². The van der Waals surface area contributed by atoms with Crippen molar-refractivity contribution >= 4 is 17.4 Å². The Bertz CT molecular complexity index is 563. The van der Waals surface area contributed by atoms with Gasteiger partial charge in [0.1, 0.15) is 12.1 Å². The van der Waals surface area contributed by atoms with Gasteiger partial charge in [-0.15, -0.1) is 0 Å². The van der Waals surface area contributed by atoms with Gasteiger partial charge in [0.05, 0.1) is 18.4 Å². The molecular formula is C12H10N4O2. The van der Waals surface area contributed by atoms with Crippen molar-refractivity contribution < 1.29 is 9.53 Å². The maximum Gasteiger partial charge on any atom is 0.340 e. The Balaban J connectivity index is 3.11. The van der Waals surface area contributed by atoms with Crippen molar-refractivity contribution in [2.45, 2.75) is 6.92 Å². The van der Waals surface area contributed by atoms with Crippen LogP contribution >= 0.6 is 0 Å². The van der Waals surface area contributed by atoms with Gasteiger partial charge in [-0.2, -0.15) is 15.6 Å². The van der Waals surface area contributed by atoms with Crippen molar-refractivity contribution in [1.29, 1.82) is 10.5 Å². The Morgan fingerprint density at radius 3 is 2.61 bits per heavy atom. The summed E-state index contributed by atoms with van der Waals surface area (Å²) in [6.07, 6.45) is 0. The molecule has 18 heavy (non-hydrogen) atoms. The number of esters is 1. The number of anilines is 1. The van der Waals surface area contributed by atoms with Gasteiger partial charge in [0.25, 0.3) is 0 Å². The van der Waals surface area contributed by atoms with E-state index in [1.165, 1.54) is 7.11 Å². The summed E-state index contributed by atoms with van der Waals surface area (Å²) in [7, 11) is 1.27. The minimum absolute atomic E-state index is 0.288. The highest BCUT2D eigenvalue weighted by atomic mass is 16.5. The largest absolute Gasteiger partial charge is 0.465 e. The van der Waals surface area contributed by atoms with Crippen molar-refractivity contribution in [1.82, 2.24) is 0 Å². The molecule has 1 aromatic carbocycles. The van der Waals surface area contributed by atoms with Crippen LogP contribution < -0.4 is 5.43 Å². The molecule has 1 aromatic rings. The normalized spacial score (nSPS) is 8.67. The van der Waals surface area contributed by atoms with Crippen molar-refractivity contribution in [2.75, 3.05) is 12.5 Å². The Labute approximate surface area is 104 Å². The summed E-state index contributed by atoms with van der Waals surface area (Å²) >= 11 is 0. The molecular weight excluding hydrogens is 232 g/mol. The van der Waals surface area contributed by atoms with E-state index in [4.69, 9.17) is 10.5 Å². The zero-order valence-corrected chi connectivity index (χ0v) is 9.89. The molecule has 0 aromatic heterocycles. The Kier molecular flexibility index (Phi) is 4.42. The molecule has 0 unspecified atom stereocenters. The summed E-state index contributed by atoms with van der Waals surface area (Å²) in [6, 6.07) is 8.23. The standard InChI is InChI=1S/C12H10N4O2/c1-8-3-4-11(10(5-8)12(17)18-2)16-15-9(6-13)7-14/h3-5,16H,1-2H3. The van der Waals surface area contributed by atoms with E-state index >= 15 is 0 Å². The zero-order valence-electron chi connectivity index (χ0n) is 9.89. The molecule has 0 amide bonds. The third-order valence-electron chi connectivity index (χ3n) is 2.08. The van der Waals surface area contributed by atoms with Crippen molar-refractivity contribution in [2.24, 2.45) is 5.10 Å². The number of nitrogens with zero attached hydrogens (tertiary/aromatic N) is 3. The molecule has 0 bridgehead atoms. The first-order valence-electron chi connectivity index (χ1n) is 4.95. The SMILES string of the molecule is COC(=O)c1cc(C)ccc1NN=C(C#N)C#N. The summed E-state index contributed by atoms with van der Waals surface area (Å²) in [4.78, 5) is 11.5. The molecule has 0 spiro atoms. The smallest absolute Gasteiger partial charge is 0.340 e. The number of carbonyl (C=O) groups is 1. The number of nitriles is 2. The number of hydrogen-bond acceptors (Lipinski definition) is 6. The fourth-order valence-corrected chi connectivity index (χ4v) is 1.23. The first-order chi connectivity index (χ1) is 8.62. The van der Waals surface area contributed by atoms with E-state index in [1.54, 1.807) is 30.3 Å². The minimum atomic E-state index is -0.521. The average Bonchev–Trinajstić information content (AvgIpc) is 2.40. The molecule has 0 saturated heterocycles. The molecule has 0 aliphatic heterocycles. The van der Waals surface area contributed by atoms with Gasteiger partial charge in [0.15, 0.2) is 0 Å². The summed E-state index contributed by atoms with van der Waals surface area (Å²) in [6.45, 7) is 1.83. The molecule has 0 aliphatic rings. The first-order valence-corrected chi connectivity index (χ1v) is 4.95. The molecule has 6 heteroatoms. The van der Waals surface area contributed by atoms with Crippen LogP contribution in [0.4, 0.5) is 5.69 Å². The Hall–Kier alpha value is -2.86. The molecule has 1 rings (SSSR count). The van der Waals surface area contributed by atoms with Crippen LogP contribution in [-0.4, -0.2) is 18.8 Å². The van der Waals surface area contributed by atoms with Crippen LogP contribution in [0, 0.1) is 29.6 Å². The molecule has 0 heterocycles. The quantitative estimate of drug-likeness (QED) is 0.493. The monoisotopic (exact) mass is 242 g/mol. The molecule has 1 N–H and O–H groups in total. The van der Waals surface area contributed by atoms with Crippen LogP contribution in [0.2, 0.25) is 0 Å². The maximum atomic E-state index is 11.5. The van der Waals surface area contributed by atoms with Crippen molar-refractivity contribution in [3.63, 3.8) is 0 Å². The number of nitrogens with one attached hydrogen (secondary N) is 1. The van der Waals surface area contributed by atoms with Crippen molar-refractivity contribution in [3.05, 3.63) is 29.3 Å². The molecule has 0 atom stereocenters. The predicted molar refractivity (Wildman–Crippen MR) is 64.8 cm³/mol. The van der Waals surface area contributed by atoms with Gasteiger partial charge in [-0.3, -0.25) is 5.43 Å². The predicted octanol–water partition coefficient (Wildman–Crippen LogP) is 1.60. The maximum absolute atomic E-state index is 11.5. The van der Waals surface area contributed by atoms with E-state index in [1.807, 2.05) is 6.92 Å². The van der Waals surface area contributed by atoms with Crippen molar-refractivity contribution in [3.8, 4) is 12.1 Å². The lowest BCUT2D eigenvalue weighted by Crippen LogP contribution is -2.07. The van der Waals surface area contributed by atoms with E-state index in [2.05, 4.69) is 15.3 Å². The summed E-state index contributed by atoms with van der Waals surface area (Å²) in [5.74, 6) is -0.521. The van der Waals surface area contributed by atoms with Gasteiger partial charge >= 0.3 is 5.97 Å². The topological polar surface area (TPSA) is 98.3 Å². The molecule has 0 aliphatic carbocycles. The fourth-order valence-electron chi connectivity index (χ4n) is 1.23. The molecule has 0 fully saturated rings. The van der Waals surface area contributed by atoms with Crippen LogP contribution in [0.25, 0.3) is 0 Å². The number of rotatable bonds is 3. The summed E-state index contributed by atoms with van der Waals surface area (Å²) < 4.78 is 4.63. The summed E-state index contributed by atoms with van der Waals surface area (Å²) in [5.41, 5.74) is 3.71. The van der Waals surface area contributed by atoms with Gasteiger partial charge in [0, 0.05) is 0 Å². The second-order valence-corrected chi connectivity index (χ2v) is 3.34. The van der Waals surface area contributed by atoms with Gasteiger partial charge in [0.2, 0.25) is 5.71 Å². The number of benzene rings is 1. The minimum Gasteiger partial charge on any atom is -0.465 e. The van der Waals surface area contributed by atoms with E-state index in [0.29, 0.717) is 5.69 Å². The van der Waals surface area contributed by atoms with E-state index in [-0.39, 0.29) is 11.3 Å². The second kappa shape index (κ2) is 6.02. The molecule has 0 saturated carbocycles. The number of ether oxygens (including phenoxy) is 1. The lowest BCUT2D eigenvalue weighted by Gasteiger charge is -2.07. The first kappa shape index (κ1) is 13.2. The molecule has 6 nitrogen and oxygen atoms in total. The third-order valence-corrected chi connectivity index (χ3v) is 2.08. The second-order valence-electron chi connectivity index (χ2n) is 3.34. The highest BCUT2D eigenvalue weighted by Crippen LogP contribution is 2.18. The van der Waals surface area contributed by atoms with Gasteiger partial charge in [-0.25, -0.2) is 4.79 Å². The highest BCUT2D eigenvalue weighted by Gasteiger charge is 2.11. The van der Waals surface area contributed by atoms with Crippen LogP contribution in [0.3, 0.4) is 0 Å². The third kappa shape index (κ3) is 3.06. The van der Waals surface area contributed by atoms with Gasteiger partial charge < -0.3 is 4.74 Å². The molecule has 0 radical (unpaired) electrons. The zero-order chi connectivity index (χ0) is 13.5. The molecule has 90 valence electrons. The van der Waals surface area contributed by atoms with Crippen LogP contribution in [-0.2, 0) is 4.74 Å². The average molecular weight is 242 g/mol.